The Morgan fingerprint density at radius 1 is 1.00 bits per heavy atom. The number of fused-ring (bicyclic) bond motifs is 1. The summed E-state index contributed by atoms with van der Waals surface area (Å²) in [4.78, 5) is 26.0. The summed E-state index contributed by atoms with van der Waals surface area (Å²) >= 11 is 0. The van der Waals surface area contributed by atoms with Crippen molar-refractivity contribution >= 4 is 16.7 Å². The van der Waals surface area contributed by atoms with Crippen molar-refractivity contribution in [1.29, 1.82) is 0 Å². The number of hydrogen-bond donors (Lipinski definition) is 1. The maximum Gasteiger partial charge on any atom is 0.274 e. The van der Waals surface area contributed by atoms with Gasteiger partial charge in [0.1, 0.15) is 5.75 Å². The number of carbonyl (C=O) groups is 1. The van der Waals surface area contributed by atoms with E-state index < -0.39 is 0 Å². The van der Waals surface area contributed by atoms with Gasteiger partial charge in [0.15, 0.2) is 5.69 Å². The minimum Gasteiger partial charge on any atom is -0.497 e. The smallest absolute Gasteiger partial charge is 0.274 e. The molecule has 6 heteroatoms. The maximum atomic E-state index is 13.2. The fourth-order valence-electron chi connectivity index (χ4n) is 3.38. The molecule has 29 heavy (non-hydrogen) atoms. The molecule has 1 atom stereocenters. The summed E-state index contributed by atoms with van der Waals surface area (Å²) in [6.07, 6.45) is 0. The van der Waals surface area contributed by atoms with E-state index in [1.807, 2.05) is 44.2 Å². The van der Waals surface area contributed by atoms with Crippen LogP contribution in [0.3, 0.4) is 0 Å². The van der Waals surface area contributed by atoms with Crippen LogP contribution < -0.4 is 15.6 Å². The Kier molecular flexibility index (Phi) is 6.01. The van der Waals surface area contributed by atoms with Gasteiger partial charge >= 0.3 is 0 Å². The number of benzene rings is 2. The van der Waals surface area contributed by atoms with Crippen LogP contribution in [-0.2, 0) is 0 Å². The fourth-order valence-corrected chi connectivity index (χ4v) is 3.38. The van der Waals surface area contributed by atoms with Gasteiger partial charge in [-0.2, -0.15) is 5.10 Å². The zero-order valence-corrected chi connectivity index (χ0v) is 17.5. The highest BCUT2D eigenvalue weighted by Crippen LogP contribution is 2.25. The molecule has 6 nitrogen and oxygen atoms in total. The predicted molar refractivity (Wildman–Crippen MR) is 114 cm³/mol. The van der Waals surface area contributed by atoms with Crippen molar-refractivity contribution < 1.29 is 9.53 Å². The lowest BCUT2D eigenvalue weighted by Gasteiger charge is -2.23. The molecule has 0 fully saturated rings. The first-order valence-corrected chi connectivity index (χ1v) is 9.79. The van der Waals surface area contributed by atoms with E-state index in [0.717, 1.165) is 11.3 Å². The van der Waals surface area contributed by atoms with Crippen LogP contribution in [0.5, 0.6) is 5.75 Å². The van der Waals surface area contributed by atoms with E-state index in [2.05, 4.69) is 24.3 Å². The molecule has 152 valence electrons. The van der Waals surface area contributed by atoms with E-state index in [1.165, 1.54) is 4.68 Å². The number of ether oxygens (including phenoxy) is 1. The molecule has 0 saturated heterocycles. The zero-order valence-electron chi connectivity index (χ0n) is 17.5. The normalized spacial score (nSPS) is 12.4. The summed E-state index contributed by atoms with van der Waals surface area (Å²) in [5.74, 6) is 0.624. The first-order chi connectivity index (χ1) is 13.8. The minimum absolute atomic E-state index is 0.152. The summed E-state index contributed by atoms with van der Waals surface area (Å²) in [6.45, 7) is 7.85. The van der Waals surface area contributed by atoms with E-state index >= 15 is 0 Å². The molecule has 0 aliphatic heterocycles. The van der Waals surface area contributed by atoms with Gasteiger partial charge in [-0.1, -0.05) is 44.2 Å². The van der Waals surface area contributed by atoms with Crippen LogP contribution in [0.1, 0.15) is 55.8 Å². The molecule has 2 aromatic carbocycles. The summed E-state index contributed by atoms with van der Waals surface area (Å²) < 4.78 is 6.60. The van der Waals surface area contributed by atoms with Crippen molar-refractivity contribution in [1.82, 2.24) is 15.1 Å². The number of amides is 1. The molecule has 0 aliphatic rings. The second kappa shape index (κ2) is 8.47. The quantitative estimate of drug-likeness (QED) is 0.684. The van der Waals surface area contributed by atoms with Gasteiger partial charge in [0.2, 0.25) is 0 Å². The van der Waals surface area contributed by atoms with Crippen molar-refractivity contribution in [3.8, 4) is 5.75 Å². The molecular formula is C23H27N3O3. The lowest BCUT2D eigenvalue weighted by atomic mass is 9.95. The van der Waals surface area contributed by atoms with Crippen LogP contribution in [0, 0.1) is 5.92 Å². The second-order valence-electron chi connectivity index (χ2n) is 7.71. The molecule has 1 amide bonds. The van der Waals surface area contributed by atoms with Crippen LogP contribution >= 0.6 is 0 Å². The Balaban J connectivity index is 2.03. The number of methoxy groups -OCH3 is 1. The first kappa shape index (κ1) is 20.6. The van der Waals surface area contributed by atoms with Crippen LogP contribution in [0.2, 0.25) is 0 Å². The molecule has 0 radical (unpaired) electrons. The molecule has 3 aromatic rings. The third kappa shape index (κ3) is 4.16. The van der Waals surface area contributed by atoms with E-state index in [-0.39, 0.29) is 35.2 Å². The third-order valence-corrected chi connectivity index (χ3v) is 4.96. The number of rotatable bonds is 6. The van der Waals surface area contributed by atoms with Gasteiger partial charge in [-0.05, 0) is 43.5 Å². The lowest BCUT2D eigenvalue weighted by Crippen LogP contribution is -2.35. The van der Waals surface area contributed by atoms with Crippen molar-refractivity contribution in [3.63, 3.8) is 0 Å². The SMILES string of the molecule is COc1ccc(C(NC(=O)c2nn(C(C)C)c(=O)c3ccccc23)C(C)C)cc1. The fraction of sp³-hybridized carbons (Fsp3) is 0.348. The zero-order chi connectivity index (χ0) is 21.1. The molecule has 1 N–H and O–H groups in total. The summed E-state index contributed by atoms with van der Waals surface area (Å²) in [5, 5.41) is 8.56. The van der Waals surface area contributed by atoms with Gasteiger partial charge in [-0.15, -0.1) is 0 Å². The highest BCUT2D eigenvalue weighted by Gasteiger charge is 2.23. The van der Waals surface area contributed by atoms with Gasteiger partial charge in [0, 0.05) is 5.39 Å². The Bertz CT molecular complexity index is 1070. The first-order valence-electron chi connectivity index (χ1n) is 9.79. The largest absolute Gasteiger partial charge is 0.497 e. The van der Waals surface area contributed by atoms with Crippen molar-refractivity contribution in [2.45, 2.75) is 39.8 Å². The third-order valence-electron chi connectivity index (χ3n) is 4.96. The molecule has 0 aliphatic carbocycles. The summed E-state index contributed by atoms with van der Waals surface area (Å²) in [6, 6.07) is 14.4. The highest BCUT2D eigenvalue weighted by atomic mass is 16.5. The maximum absolute atomic E-state index is 13.2. The standard InChI is InChI=1S/C23H27N3O3/c1-14(2)20(16-10-12-17(29-5)13-11-16)24-22(27)21-18-8-6-7-9-19(18)23(28)26(25-21)15(3)4/h6-15,20H,1-5H3,(H,24,27). The monoisotopic (exact) mass is 393 g/mol. The number of carbonyl (C=O) groups excluding carboxylic acids is 1. The van der Waals surface area contributed by atoms with E-state index in [4.69, 9.17) is 4.74 Å². The van der Waals surface area contributed by atoms with E-state index in [0.29, 0.717) is 10.8 Å². The molecular weight excluding hydrogens is 366 g/mol. The average molecular weight is 393 g/mol. The second-order valence-corrected chi connectivity index (χ2v) is 7.71. The Hall–Kier alpha value is -3.15. The average Bonchev–Trinajstić information content (AvgIpc) is 2.72. The van der Waals surface area contributed by atoms with Gasteiger partial charge in [0.25, 0.3) is 11.5 Å². The topological polar surface area (TPSA) is 73.2 Å². The predicted octanol–water partition coefficient (Wildman–Crippen LogP) is 4.11. The molecule has 3 rings (SSSR count). The molecule has 0 saturated carbocycles. The minimum atomic E-state index is -0.301. The van der Waals surface area contributed by atoms with Gasteiger partial charge < -0.3 is 10.1 Å². The number of nitrogens with zero attached hydrogens (tertiary/aromatic N) is 2. The van der Waals surface area contributed by atoms with Crippen molar-refractivity contribution in [2.24, 2.45) is 5.92 Å². The number of nitrogens with one attached hydrogen (secondary N) is 1. The van der Waals surface area contributed by atoms with Crippen LogP contribution in [-0.4, -0.2) is 22.8 Å². The number of aromatic nitrogens is 2. The van der Waals surface area contributed by atoms with Gasteiger partial charge in [-0.3, -0.25) is 9.59 Å². The van der Waals surface area contributed by atoms with Crippen molar-refractivity contribution in [2.75, 3.05) is 7.11 Å². The molecule has 1 unspecified atom stereocenters. The summed E-state index contributed by atoms with van der Waals surface area (Å²) in [7, 11) is 1.62. The Labute approximate surface area is 170 Å². The van der Waals surface area contributed by atoms with E-state index in [1.54, 1.807) is 25.3 Å². The summed E-state index contributed by atoms with van der Waals surface area (Å²) in [5.41, 5.74) is 1.05. The number of hydrogen-bond acceptors (Lipinski definition) is 4. The molecule has 1 heterocycles. The Morgan fingerprint density at radius 3 is 2.17 bits per heavy atom. The van der Waals surface area contributed by atoms with Gasteiger partial charge in [-0.25, -0.2) is 4.68 Å². The van der Waals surface area contributed by atoms with Crippen LogP contribution in [0.15, 0.2) is 53.3 Å². The highest BCUT2D eigenvalue weighted by molar-refractivity contribution is 6.04. The van der Waals surface area contributed by atoms with Crippen LogP contribution in [0.25, 0.3) is 10.8 Å². The lowest BCUT2D eigenvalue weighted by molar-refractivity contribution is 0.0919. The van der Waals surface area contributed by atoms with Gasteiger partial charge in [0.05, 0.1) is 24.6 Å². The van der Waals surface area contributed by atoms with Crippen LogP contribution in [0.4, 0.5) is 0 Å². The van der Waals surface area contributed by atoms with E-state index in [9.17, 15) is 9.59 Å². The Morgan fingerprint density at radius 2 is 1.62 bits per heavy atom. The molecule has 0 bridgehead atoms. The van der Waals surface area contributed by atoms with Crippen molar-refractivity contribution in [3.05, 3.63) is 70.1 Å². The molecule has 1 aromatic heterocycles. The molecule has 0 spiro atoms.